The number of nitrogens with one attached hydrogen (secondary N) is 1. The molecule has 4 nitrogen and oxygen atoms in total. The Balaban J connectivity index is 2.19. The van der Waals surface area contributed by atoms with Gasteiger partial charge in [0.1, 0.15) is 0 Å². The Hall–Kier alpha value is -1.39. The van der Waals surface area contributed by atoms with E-state index in [2.05, 4.69) is 29.2 Å². The Morgan fingerprint density at radius 3 is 2.67 bits per heavy atom. The first-order valence-electron chi connectivity index (χ1n) is 6.14. The van der Waals surface area contributed by atoms with E-state index in [1.165, 1.54) is 0 Å². The molecule has 0 aromatic carbocycles. The van der Waals surface area contributed by atoms with Gasteiger partial charge in [0, 0.05) is 12.2 Å². The minimum Gasteiger partial charge on any atom is -0.309 e. The van der Waals surface area contributed by atoms with Gasteiger partial charge in [0.2, 0.25) is 0 Å². The highest BCUT2D eigenvalue weighted by molar-refractivity contribution is 6.30. The van der Waals surface area contributed by atoms with Crippen LogP contribution in [0.2, 0.25) is 5.02 Å². The minimum atomic E-state index is 0.310. The third-order valence-corrected chi connectivity index (χ3v) is 3.00. The van der Waals surface area contributed by atoms with Gasteiger partial charge in [-0.2, -0.15) is 5.10 Å². The van der Waals surface area contributed by atoms with Crippen LogP contribution >= 0.6 is 11.6 Å². The summed E-state index contributed by atoms with van der Waals surface area (Å²) in [4.78, 5) is 4.49. The van der Waals surface area contributed by atoms with E-state index >= 15 is 0 Å². The van der Waals surface area contributed by atoms with Crippen LogP contribution in [0, 0.1) is 0 Å². The predicted octanol–water partition coefficient (Wildman–Crippen LogP) is 2.98. The van der Waals surface area contributed by atoms with Crippen LogP contribution in [0.25, 0.3) is 5.69 Å². The van der Waals surface area contributed by atoms with Crippen molar-refractivity contribution < 1.29 is 0 Å². The molecule has 2 heterocycles. The normalized spacial score (nSPS) is 12.6. The topological polar surface area (TPSA) is 42.7 Å². The number of pyridine rings is 1. The lowest BCUT2D eigenvalue weighted by molar-refractivity contribution is 0.524. The first-order valence-corrected chi connectivity index (χ1v) is 6.52. The molecule has 0 saturated carbocycles. The molecule has 0 amide bonds. The first kappa shape index (κ1) is 13.1. The Kier molecular flexibility index (Phi) is 4.33. The SMILES string of the molecule is CCNC(CC)c1ccc(-n2cc(Cl)cn2)cn1. The van der Waals surface area contributed by atoms with Crippen molar-refractivity contribution in [2.45, 2.75) is 26.3 Å². The van der Waals surface area contributed by atoms with Crippen molar-refractivity contribution in [3.8, 4) is 5.69 Å². The lowest BCUT2D eigenvalue weighted by Gasteiger charge is -2.15. The summed E-state index contributed by atoms with van der Waals surface area (Å²) in [5, 5.41) is 8.18. The van der Waals surface area contributed by atoms with Crippen LogP contribution in [0.5, 0.6) is 0 Å². The lowest BCUT2D eigenvalue weighted by Crippen LogP contribution is -2.21. The molecule has 2 aromatic heterocycles. The van der Waals surface area contributed by atoms with Crippen LogP contribution in [0.15, 0.2) is 30.7 Å². The highest BCUT2D eigenvalue weighted by atomic mass is 35.5. The van der Waals surface area contributed by atoms with Gasteiger partial charge in [0.25, 0.3) is 0 Å². The number of halogens is 1. The monoisotopic (exact) mass is 264 g/mol. The van der Waals surface area contributed by atoms with Crippen LogP contribution in [0.1, 0.15) is 32.0 Å². The largest absolute Gasteiger partial charge is 0.309 e. The van der Waals surface area contributed by atoms with E-state index < -0.39 is 0 Å². The molecule has 96 valence electrons. The molecule has 2 aromatic rings. The van der Waals surface area contributed by atoms with Crippen LogP contribution in [0.3, 0.4) is 0 Å². The van der Waals surface area contributed by atoms with Gasteiger partial charge in [0.15, 0.2) is 0 Å². The molecule has 0 aliphatic carbocycles. The number of hydrogen-bond acceptors (Lipinski definition) is 3. The maximum Gasteiger partial charge on any atom is 0.0829 e. The average Bonchev–Trinajstić information content (AvgIpc) is 2.83. The molecule has 1 unspecified atom stereocenters. The van der Waals surface area contributed by atoms with Crippen LogP contribution < -0.4 is 5.32 Å². The zero-order valence-corrected chi connectivity index (χ0v) is 11.4. The fourth-order valence-electron chi connectivity index (χ4n) is 1.89. The summed E-state index contributed by atoms with van der Waals surface area (Å²) < 4.78 is 1.72. The zero-order chi connectivity index (χ0) is 13.0. The summed E-state index contributed by atoms with van der Waals surface area (Å²) in [6.07, 6.45) is 6.22. The average molecular weight is 265 g/mol. The standard InChI is InChI=1S/C13H17ClN4/c1-3-12(15-4-2)13-6-5-11(8-16-13)18-9-10(14)7-17-18/h5-9,12,15H,3-4H2,1-2H3. The third kappa shape index (κ3) is 2.89. The molecule has 1 N–H and O–H groups in total. The number of rotatable bonds is 5. The first-order chi connectivity index (χ1) is 8.74. The fourth-order valence-corrected chi connectivity index (χ4v) is 2.02. The van der Waals surface area contributed by atoms with E-state index in [1.54, 1.807) is 17.1 Å². The molecule has 18 heavy (non-hydrogen) atoms. The number of hydrogen-bond donors (Lipinski definition) is 1. The molecule has 0 spiro atoms. The van der Waals surface area contributed by atoms with Crippen LogP contribution in [0.4, 0.5) is 0 Å². The number of nitrogens with zero attached hydrogens (tertiary/aromatic N) is 3. The van der Waals surface area contributed by atoms with E-state index in [0.717, 1.165) is 24.3 Å². The Bertz CT molecular complexity index is 492. The molecule has 0 radical (unpaired) electrons. The Morgan fingerprint density at radius 1 is 1.33 bits per heavy atom. The quantitative estimate of drug-likeness (QED) is 0.903. The van der Waals surface area contributed by atoms with Crippen molar-refractivity contribution in [3.63, 3.8) is 0 Å². The molecule has 1 atom stereocenters. The lowest BCUT2D eigenvalue weighted by atomic mass is 10.1. The zero-order valence-electron chi connectivity index (χ0n) is 10.6. The summed E-state index contributed by atoms with van der Waals surface area (Å²) >= 11 is 5.84. The van der Waals surface area contributed by atoms with Crippen LogP contribution in [-0.2, 0) is 0 Å². The summed E-state index contributed by atoms with van der Waals surface area (Å²) in [5.74, 6) is 0. The van der Waals surface area contributed by atoms with Crippen LogP contribution in [-0.4, -0.2) is 21.3 Å². The molecule has 2 rings (SSSR count). The maximum absolute atomic E-state index is 5.84. The highest BCUT2D eigenvalue weighted by Crippen LogP contribution is 2.16. The van der Waals surface area contributed by atoms with Gasteiger partial charge in [-0.05, 0) is 25.1 Å². The van der Waals surface area contributed by atoms with E-state index in [1.807, 2.05) is 18.3 Å². The second kappa shape index (κ2) is 5.98. The van der Waals surface area contributed by atoms with E-state index in [4.69, 9.17) is 11.6 Å². The summed E-state index contributed by atoms with van der Waals surface area (Å²) in [5.41, 5.74) is 1.97. The minimum absolute atomic E-state index is 0.310. The summed E-state index contributed by atoms with van der Waals surface area (Å²) in [6.45, 7) is 5.19. The van der Waals surface area contributed by atoms with Crippen molar-refractivity contribution in [2.24, 2.45) is 0 Å². The maximum atomic E-state index is 5.84. The van der Waals surface area contributed by atoms with Gasteiger partial charge in [0.05, 0.1) is 28.8 Å². The molecule has 0 saturated heterocycles. The molecule has 0 aliphatic rings. The Morgan fingerprint density at radius 2 is 2.17 bits per heavy atom. The second-order valence-electron chi connectivity index (χ2n) is 4.06. The van der Waals surface area contributed by atoms with Gasteiger partial charge < -0.3 is 5.32 Å². The smallest absolute Gasteiger partial charge is 0.0829 e. The van der Waals surface area contributed by atoms with E-state index in [0.29, 0.717) is 11.1 Å². The summed E-state index contributed by atoms with van der Waals surface area (Å²) in [7, 11) is 0. The molecule has 0 bridgehead atoms. The van der Waals surface area contributed by atoms with Crippen molar-refractivity contribution in [2.75, 3.05) is 6.54 Å². The van der Waals surface area contributed by atoms with Gasteiger partial charge in [-0.3, -0.25) is 4.98 Å². The van der Waals surface area contributed by atoms with Gasteiger partial charge in [-0.25, -0.2) is 4.68 Å². The van der Waals surface area contributed by atoms with Gasteiger partial charge in [-0.15, -0.1) is 0 Å². The van der Waals surface area contributed by atoms with Crippen molar-refractivity contribution in [1.29, 1.82) is 0 Å². The number of aromatic nitrogens is 3. The van der Waals surface area contributed by atoms with E-state index in [-0.39, 0.29) is 0 Å². The van der Waals surface area contributed by atoms with E-state index in [9.17, 15) is 0 Å². The third-order valence-electron chi connectivity index (χ3n) is 2.80. The molecule has 0 fully saturated rings. The molecule has 0 aliphatic heterocycles. The fraction of sp³-hybridized carbons (Fsp3) is 0.385. The molecular formula is C13H17ClN4. The summed E-state index contributed by atoms with van der Waals surface area (Å²) in [6, 6.07) is 4.35. The Labute approximate surface area is 112 Å². The molecule has 5 heteroatoms. The second-order valence-corrected chi connectivity index (χ2v) is 4.50. The van der Waals surface area contributed by atoms with Gasteiger partial charge in [-0.1, -0.05) is 25.4 Å². The van der Waals surface area contributed by atoms with Crippen molar-refractivity contribution >= 4 is 11.6 Å². The predicted molar refractivity (Wildman–Crippen MR) is 73.1 cm³/mol. The molecular weight excluding hydrogens is 248 g/mol. The van der Waals surface area contributed by atoms with Crippen molar-refractivity contribution in [1.82, 2.24) is 20.1 Å². The highest BCUT2D eigenvalue weighted by Gasteiger charge is 2.09. The van der Waals surface area contributed by atoms with Gasteiger partial charge >= 0.3 is 0 Å². The van der Waals surface area contributed by atoms with Crippen molar-refractivity contribution in [3.05, 3.63) is 41.4 Å².